The number of hydrogen-bond acceptors (Lipinski definition) is 5. The number of amides is 3. The van der Waals surface area contributed by atoms with Crippen molar-refractivity contribution in [3.8, 4) is 0 Å². The molecule has 3 aromatic rings. The van der Waals surface area contributed by atoms with Gasteiger partial charge in [0.2, 0.25) is 11.8 Å². The Bertz CT molecular complexity index is 1410. The van der Waals surface area contributed by atoms with Crippen molar-refractivity contribution < 1.29 is 19.1 Å². The minimum atomic E-state index is -0.640. The molecular weight excluding hydrogens is 540 g/mol. The summed E-state index contributed by atoms with van der Waals surface area (Å²) in [6.45, 7) is 6.77. The Balaban J connectivity index is 1.37. The predicted octanol–water partition coefficient (Wildman–Crippen LogP) is 6.62. The number of para-hydroxylation sites is 2. The molecule has 0 aliphatic carbocycles. The number of halogens is 1. The van der Waals surface area contributed by atoms with E-state index < -0.39 is 11.7 Å². The molecule has 1 aliphatic heterocycles. The summed E-state index contributed by atoms with van der Waals surface area (Å²) in [6.07, 6.45) is 2.55. The number of nitrogens with one attached hydrogen (secondary N) is 3. The first-order valence-electron chi connectivity index (χ1n) is 13.4. The first kappa shape index (κ1) is 29.8. The lowest BCUT2D eigenvalue weighted by atomic mass is 9.88. The Morgan fingerprint density at radius 2 is 1.51 bits per heavy atom. The highest BCUT2D eigenvalue weighted by Crippen LogP contribution is 2.33. The topological polar surface area (TPSA) is 99.8 Å². The normalized spacial score (nSPS) is 17.3. The van der Waals surface area contributed by atoms with E-state index in [0.29, 0.717) is 22.9 Å². The molecule has 1 fully saturated rings. The second kappa shape index (κ2) is 13.0. The third kappa shape index (κ3) is 8.67. The van der Waals surface area contributed by atoms with Gasteiger partial charge >= 0.3 is 6.09 Å². The molecule has 9 heteroatoms. The smallest absolute Gasteiger partial charge is 0.412 e. The largest absolute Gasteiger partial charge is 0.444 e. The first-order chi connectivity index (χ1) is 19.5. The van der Waals surface area contributed by atoms with Crippen molar-refractivity contribution in [2.75, 3.05) is 36.1 Å². The van der Waals surface area contributed by atoms with Crippen molar-refractivity contribution in [3.63, 3.8) is 0 Å². The van der Waals surface area contributed by atoms with Crippen LogP contribution in [0.4, 0.5) is 21.9 Å². The molecule has 41 heavy (non-hydrogen) atoms. The lowest BCUT2D eigenvalue weighted by molar-refractivity contribution is -0.119. The first-order valence-corrected chi connectivity index (χ1v) is 13.8. The van der Waals surface area contributed by atoms with Gasteiger partial charge in [-0.2, -0.15) is 0 Å². The quantitative estimate of drug-likeness (QED) is 0.275. The number of likely N-dealkylation sites (tertiary alicyclic amines) is 1. The number of carbonyl (C=O) groups is 3. The Labute approximate surface area is 245 Å². The van der Waals surface area contributed by atoms with Crippen LogP contribution in [0.5, 0.6) is 0 Å². The molecule has 4 rings (SSSR count). The average Bonchev–Trinajstić information content (AvgIpc) is 3.31. The van der Waals surface area contributed by atoms with E-state index in [-0.39, 0.29) is 23.7 Å². The highest BCUT2D eigenvalue weighted by molar-refractivity contribution is 6.30. The summed E-state index contributed by atoms with van der Waals surface area (Å²) in [6, 6.07) is 21.9. The number of benzene rings is 3. The number of anilines is 3. The molecule has 1 heterocycles. The fourth-order valence-electron chi connectivity index (χ4n) is 4.69. The maximum atomic E-state index is 13.1. The fourth-order valence-corrected chi connectivity index (χ4v) is 4.81. The molecule has 214 valence electrons. The maximum Gasteiger partial charge on any atom is 0.412 e. The zero-order chi connectivity index (χ0) is 29.6. The van der Waals surface area contributed by atoms with Gasteiger partial charge in [-0.15, -0.1) is 0 Å². The van der Waals surface area contributed by atoms with Gasteiger partial charge in [0.25, 0.3) is 0 Å². The van der Waals surface area contributed by atoms with Crippen LogP contribution in [0.2, 0.25) is 5.02 Å². The standard InChI is InChI=1S/C32H35ClN4O4/c1-32(2,3)41-31(40)36-28-8-6-5-7-27(28)35-29(38)18-11-21-9-12-22(13-10-21)25-19-37(4)20-26(25)30(39)34-24-16-14-23(33)15-17-24/h5-18,25-26H,19-20H2,1-4H3,(H,34,39)(H,35,38)(H,36,40)/b18-11+/t25-,26+/m1/s1. The molecular formula is C32H35ClN4O4. The summed E-state index contributed by atoms with van der Waals surface area (Å²) in [5.74, 6) is -0.521. The highest BCUT2D eigenvalue weighted by Gasteiger charge is 2.37. The monoisotopic (exact) mass is 574 g/mol. The summed E-state index contributed by atoms with van der Waals surface area (Å²) >= 11 is 5.96. The number of carbonyl (C=O) groups excluding carboxylic acids is 3. The van der Waals surface area contributed by atoms with Crippen LogP contribution in [-0.4, -0.2) is 48.5 Å². The van der Waals surface area contributed by atoms with E-state index in [4.69, 9.17) is 16.3 Å². The predicted molar refractivity (Wildman–Crippen MR) is 164 cm³/mol. The van der Waals surface area contributed by atoms with Gasteiger partial charge in [-0.3, -0.25) is 14.9 Å². The average molecular weight is 575 g/mol. The lowest BCUT2D eigenvalue weighted by Gasteiger charge is -2.20. The van der Waals surface area contributed by atoms with E-state index in [1.807, 2.05) is 31.3 Å². The summed E-state index contributed by atoms with van der Waals surface area (Å²) in [4.78, 5) is 40.1. The zero-order valence-corrected chi connectivity index (χ0v) is 24.4. The van der Waals surface area contributed by atoms with Gasteiger partial charge in [-0.25, -0.2) is 4.79 Å². The van der Waals surface area contributed by atoms with Crippen LogP contribution in [0.1, 0.15) is 37.8 Å². The SMILES string of the molecule is CN1C[C@H](C(=O)Nc2ccc(Cl)cc2)[C@@H](c2ccc(/C=C/C(=O)Nc3ccccc3NC(=O)OC(C)(C)C)cc2)C1. The van der Waals surface area contributed by atoms with Gasteiger partial charge in [0.1, 0.15) is 5.60 Å². The number of likely N-dealkylation sites (N-methyl/N-ethyl adjacent to an activating group) is 1. The van der Waals surface area contributed by atoms with E-state index in [9.17, 15) is 14.4 Å². The molecule has 1 aliphatic rings. The molecule has 1 saturated heterocycles. The molecule has 0 unspecified atom stereocenters. The van der Waals surface area contributed by atoms with Crippen molar-refractivity contribution in [2.24, 2.45) is 5.92 Å². The Morgan fingerprint density at radius 3 is 2.15 bits per heavy atom. The Hall–Kier alpha value is -4.14. The van der Waals surface area contributed by atoms with Crippen molar-refractivity contribution in [2.45, 2.75) is 32.3 Å². The third-order valence-corrected chi connectivity index (χ3v) is 6.82. The summed E-state index contributed by atoms with van der Waals surface area (Å²) in [7, 11) is 2.01. The molecule has 0 bridgehead atoms. The molecule has 0 spiro atoms. The van der Waals surface area contributed by atoms with E-state index in [1.165, 1.54) is 6.08 Å². The minimum absolute atomic E-state index is 0.0243. The number of rotatable bonds is 7. The van der Waals surface area contributed by atoms with E-state index in [0.717, 1.165) is 23.4 Å². The molecule has 0 saturated carbocycles. The lowest BCUT2D eigenvalue weighted by Crippen LogP contribution is -2.28. The van der Waals surface area contributed by atoms with Crippen LogP contribution >= 0.6 is 11.6 Å². The van der Waals surface area contributed by atoms with Crippen LogP contribution in [0.25, 0.3) is 6.08 Å². The van der Waals surface area contributed by atoms with E-state index in [1.54, 1.807) is 75.4 Å². The number of nitrogens with zero attached hydrogens (tertiary/aromatic N) is 1. The zero-order valence-electron chi connectivity index (χ0n) is 23.6. The van der Waals surface area contributed by atoms with Gasteiger partial charge < -0.3 is 20.3 Å². The number of ether oxygens (including phenoxy) is 1. The van der Waals surface area contributed by atoms with E-state index in [2.05, 4.69) is 20.9 Å². The van der Waals surface area contributed by atoms with Crippen molar-refractivity contribution in [3.05, 3.63) is 95.0 Å². The summed E-state index contributed by atoms with van der Waals surface area (Å²) in [5, 5.41) is 9.10. The number of hydrogen-bond donors (Lipinski definition) is 3. The van der Waals surface area contributed by atoms with Gasteiger partial charge in [0.15, 0.2) is 0 Å². The second-order valence-electron chi connectivity index (χ2n) is 11.1. The van der Waals surface area contributed by atoms with Crippen LogP contribution in [0, 0.1) is 5.92 Å². The molecule has 3 amide bonds. The molecule has 0 radical (unpaired) electrons. The molecule has 8 nitrogen and oxygen atoms in total. The Kier molecular flexibility index (Phi) is 9.47. The van der Waals surface area contributed by atoms with Crippen LogP contribution in [0.3, 0.4) is 0 Å². The summed E-state index contributed by atoms with van der Waals surface area (Å²) < 4.78 is 5.30. The van der Waals surface area contributed by atoms with Crippen LogP contribution < -0.4 is 16.0 Å². The Morgan fingerprint density at radius 1 is 0.878 bits per heavy atom. The second-order valence-corrected chi connectivity index (χ2v) is 11.5. The van der Waals surface area contributed by atoms with Gasteiger partial charge in [0.05, 0.1) is 17.3 Å². The molecule has 3 aromatic carbocycles. The molecule has 0 aromatic heterocycles. The maximum absolute atomic E-state index is 13.1. The fraction of sp³-hybridized carbons (Fsp3) is 0.281. The highest BCUT2D eigenvalue weighted by atomic mass is 35.5. The van der Waals surface area contributed by atoms with Crippen LogP contribution in [-0.2, 0) is 14.3 Å². The summed E-state index contributed by atoms with van der Waals surface area (Å²) in [5.41, 5.74) is 2.88. The van der Waals surface area contributed by atoms with Gasteiger partial charge in [-0.05, 0) is 81.4 Å². The molecule has 2 atom stereocenters. The molecule has 3 N–H and O–H groups in total. The van der Waals surface area contributed by atoms with Crippen LogP contribution in [0.15, 0.2) is 78.9 Å². The van der Waals surface area contributed by atoms with Gasteiger partial charge in [-0.1, -0.05) is 48.0 Å². The minimum Gasteiger partial charge on any atom is -0.444 e. The van der Waals surface area contributed by atoms with E-state index >= 15 is 0 Å². The van der Waals surface area contributed by atoms with Gasteiger partial charge in [0, 0.05) is 35.8 Å². The van der Waals surface area contributed by atoms with Crippen molar-refractivity contribution >= 4 is 52.6 Å². The van der Waals surface area contributed by atoms with Crippen molar-refractivity contribution in [1.29, 1.82) is 0 Å². The van der Waals surface area contributed by atoms with Crippen molar-refractivity contribution in [1.82, 2.24) is 4.90 Å². The third-order valence-electron chi connectivity index (χ3n) is 6.56.